The van der Waals surface area contributed by atoms with E-state index >= 15 is 0 Å². The molecule has 1 aromatic carbocycles. The molecule has 0 radical (unpaired) electrons. The molecule has 0 spiro atoms. The van der Waals surface area contributed by atoms with Crippen LogP contribution in [-0.2, 0) is 22.4 Å². The molecule has 0 aliphatic heterocycles. The van der Waals surface area contributed by atoms with E-state index in [0.717, 1.165) is 29.4 Å². The van der Waals surface area contributed by atoms with Crippen molar-refractivity contribution in [1.82, 2.24) is 4.57 Å². The van der Waals surface area contributed by atoms with Crippen molar-refractivity contribution >= 4 is 22.8 Å². The van der Waals surface area contributed by atoms with Crippen molar-refractivity contribution in [2.75, 3.05) is 6.61 Å². The van der Waals surface area contributed by atoms with E-state index in [1.54, 1.807) is 11.5 Å². The lowest BCUT2D eigenvalue weighted by molar-refractivity contribution is -0.123. The summed E-state index contributed by atoms with van der Waals surface area (Å²) >= 11 is 0. The zero-order valence-corrected chi connectivity index (χ0v) is 16.4. The largest absolute Gasteiger partial charge is 0.449 e. The Morgan fingerprint density at radius 2 is 1.85 bits per heavy atom. The third kappa shape index (κ3) is 3.19. The average Bonchev–Trinajstić information content (AvgIpc) is 3.01. The highest BCUT2D eigenvalue weighted by Crippen LogP contribution is 2.44. The highest BCUT2D eigenvalue weighted by molar-refractivity contribution is 5.94. The maximum atomic E-state index is 12.8. The third-order valence-electron chi connectivity index (χ3n) is 6.69. The number of ether oxygens (including phenoxy) is 1. The predicted molar refractivity (Wildman–Crippen MR) is 106 cm³/mol. The molecule has 0 N–H and O–H groups in total. The van der Waals surface area contributed by atoms with Crippen molar-refractivity contribution in [2.45, 2.75) is 58.8 Å². The Morgan fingerprint density at radius 3 is 2.56 bits per heavy atom. The second-order valence-corrected chi connectivity index (χ2v) is 8.16. The summed E-state index contributed by atoms with van der Waals surface area (Å²) in [5.74, 6) is 1.30. The van der Waals surface area contributed by atoms with Gasteiger partial charge in [-0.15, -0.1) is 0 Å². The summed E-state index contributed by atoms with van der Waals surface area (Å²) in [7, 11) is 0. The van der Waals surface area contributed by atoms with Crippen LogP contribution in [0.5, 0.6) is 0 Å². The Morgan fingerprint density at radius 1 is 1.11 bits per heavy atom. The number of Topliss-reactive ketones (excluding diaryl/α,β-unsaturated/α-hetero) is 1. The van der Waals surface area contributed by atoms with Crippen molar-refractivity contribution in [3.63, 3.8) is 0 Å². The molecule has 0 bridgehead atoms. The molecule has 2 aromatic rings. The van der Waals surface area contributed by atoms with Crippen LogP contribution < -0.4 is 0 Å². The van der Waals surface area contributed by atoms with E-state index in [2.05, 4.69) is 6.07 Å². The van der Waals surface area contributed by atoms with Crippen molar-refractivity contribution in [3.8, 4) is 0 Å². The number of nitrogens with zero attached hydrogens (tertiary/aromatic N) is 1. The van der Waals surface area contributed by atoms with Gasteiger partial charge >= 0.3 is 6.09 Å². The monoisotopic (exact) mass is 367 g/mol. The van der Waals surface area contributed by atoms with Gasteiger partial charge in [-0.1, -0.05) is 50.3 Å². The molecule has 4 rings (SSSR count). The first-order valence-electron chi connectivity index (χ1n) is 10.4. The SMILES string of the molecule is CCOC(=O)n1c2c(c3ccccc31)C[C@@H](C(C)=O)[C@@H](C1CCCCC1)C2. The Kier molecular flexibility index (Phi) is 5.07. The molecule has 1 heterocycles. The number of rotatable bonds is 3. The van der Waals surface area contributed by atoms with E-state index in [0.29, 0.717) is 24.2 Å². The number of hydrogen-bond acceptors (Lipinski definition) is 3. The zero-order valence-electron chi connectivity index (χ0n) is 16.4. The molecular weight excluding hydrogens is 338 g/mol. The molecule has 2 aliphatic carbocycles. The summed E-state index contributed by atoms with van der Waals surface area (Å²) in [5.41, 5.74) is 3.15. The lowest BCUT2D eigenvalue weighted by atomic mass is 9.66. The number of ketones is 1. The Balaban J connectivity index is 1.82. The van der Waals surface area contributed by atoms with Gasteiger partial charge in [0.05, 0.1) is 12.1 Å². The lowest BCUT2D eigenvalue weighted by Gasteiger charge is -2.38. The molecule has 2 atom stereocenters. The van der Waals surface area contributed by atoms with E-state index in [1.165, 1.54) is 37.7 Å². The Labute approximate surface area is 160 Å². The molecular formula is C23H29NO3. The van der Waals surface area contributed by atoms with Gasteiger partial charge in [0.2, 0.25) is 0 Å². The highest BCUT2D eigenvalue weighted by atomic mass is 16.5. The first-order valence-corrected chi connectivity index (χ1v) is 10.4. The van der Waals surface area contributed by atoms with Crippen LogP contribution in [0.3, 0.4) is 0 Å². The van der Waals surface area contributed by atoms with Crippen LogP contribution in [0.2, 0.25) is 0 Å². The summed E-state index contributed by atoms with van der Waals surface area (Å²) < 4.78 is 7.15. The normalized spacial score (nSPS) is 23.2. The number of aromatic nitrogens is 1. The van der Waals surface area contributed by atoms with Crippen molar-refractivity contribution in [1.29, 1.82) is 0 Å². The summed E-state index contributed by atoms with van der Waals surface area (Å²) in [6, 6.07) is 8.03. The van der Waals surface area contributed by atoms with Gasteiger partial charge in [0.25, 0.3) is 0 Å². The molecule has 27 heavy (non-hydrogen) atoms. The van der Waals surface area contributed by atoms with E-state index in [4.69, 9.17) is 4.74 Å². The molecule has 0 saturated heterocycles. The van der Waals surface area contributed by atoms with Crippen LogP contribution >= 0.6 is 0 Å². The van der Waals surface area contributed by atoms with E-state index in [-0.39, 0.29) is 12.0 Å². The quantitative estimate of drug-likeness (QED) is 0.754. The van der Waals surface area contributed by atoms with Crippen LogP contribution in [0, 0.1) is 17.8 Å². The number of carbonyl (C=O) groups is 2. The minimum Gasteiger partial charge on any atom is -0.449 e. The van der Waals surface area contributed by atoms with Crippen LogP contribution in [0.25, 0.3) is 10.9 Å². The van der Waals surface area contributed by atoms with Crippen LogP contribution in [0.15, 0.2) is 24.3 Å². The number of benzene rings is 1. The minimum absolute atomic E-state index is 0.0713. The molecule has 0 amide bonds. The van der Waals surface area contributed by atoms with Gasteiger partial charge in [0.15, 0.2) is 0 Å². The molecule has 1 saturated carbocycles. The molecule has 2 aliphatic rings. The standard InChI is InChI=1S/C23H29NO3/c1-3-27-23(26)24-21-12-8-7-11-17(21)20-13-18(15(2)25)19(14-22(20)24)16-9-5-4-6-10-16/h7-8,11-12,16,18-19H,3-6,9-10,13-14H2,1-2H3/t18-,19+/m0/s1. The minimum atomic E-state index is -0.293. The summed E-state index contributed by atoms with van der Waals surface area (Å²) in [6.07, 6.45) is 7.52. The van der Waals surface area contributed by atoms with Gasteiger partial charge in [-0.05, 0) is 50.2 Å². The third-order valence-corrected chi connectivity index (χ3v) is 6.69. The first kappa shape index (κ1) is 18.3. The van der Waals surface area contributed by atoms with E-state index in [1.807, 2.05) is 25.1 Å². The maximum absolute atomic E-state index is 12.8. The van der Waals surface area contributed by atoms with Gasteiger partial charge in [0, 0.05) is 17.0 Å². The van der Waals surface area contributed by atoms with Gasteiger partial charge in [-0.3, -0.25) is 4.79 Å². The molecule has 0 unspecified atom stereocenters. The predicted octanol–water partition coefficient (Wildman–Crippen LogP) is 5.15. The summed E-state index contributed by atoms with van der Waals surface area (Å²) in [4.78, 5) is 25.3. The van der Waals surface area contributed by atoms with E-state index < -0.39 is 0 Å². The fraction of sp³-hybridized carbons (Fsp3) is 0.565. The highest BCUT2D eigenvalue weighted by Gasteiger charge is 2.40. The number of para-hydroxylation sites is 1. The van der Waals surface area contributed by atoms with Crippen LogP contribution in [0.1, 0.15) is 57.2 Å². The average molecular weight is 367 g/mol. The zero-order chi connectivity index (χ0) is 19.0. The van der Waals surface area contributed by atoms with Gasteiger partial charge in [0.1, 0.15) is 5.78 Å². The first-order chi connectivity index (χ1) is 13.1. The summed E-state index contributed by atoms with van der Waals surface area (Å²) in [6.45, 7) is 3.95. The van der Waals surface area contributed by atoms with Gasteiger partial charge in [-0.2, -0.15) is 0 Å². The smallest absolute Gasteiger partial charge is 0.418 e. The lowest BCUT2D eigenvalue weighted by Crippen LogP contribution is -2.37. The van der Waals surface area contributed by atoms with E-state index in [9.17, 15) is 9.59 Å². The topological polar surface area (TPSA) is 48.3 Å². The number of fused-ring (bicyclic) bond motifs is 3. The van der Waals surface area contributed by atoms with Crippen molar-refractivity contribution < 1.29 is 14.3 Å². The second-order valence-electron chi connectivity index (χ2n) is 8.16. The van der Waals surface area contributed by atoms with Crippen LogP contribution in [0.4, 0.5) is 4.79 Å². The Hall–Kier alpha value is -2.10. The van der Waals surface area contributed by atoms with Crippen LogP contribution in [-0.4, -0.2) is 23.1 Å². The molecule has 1 aromatic heterocycles. The summed E-state index contributed by atoms with van der Waals surface area (Å²) in [5, 5.41) is 1.09. The fourth-order valence-electron chi connectivity index (χ4n) is 5.44. The molecule has 1 fully saturated rings. The molecule has 4 heteroatoms. The van der Waals surface area contributed by atoms with Crippen molar-refractivity contribution in [2.24, 2.45) is 17.8 Å². The van der Waals surface area contributed by atoms with Gasteiger partial charge < -0.3 is 4.74 Å². The Bertz CT molecular complexity index is 860. The number of hydrogen-bond donors (Lipinski definition) is 0. The maximum Gasteiger partial charge on any atom is 0.418 e. The molecule has 4 nitrogen and oxygen atoms in total. The second kappa shape index (κ2) is 7.49. The van der Waals surface area contributed by atoms with Crippen molar-refractivity contribution in [3.05, 3.63) is 35.5 Å². The fourth-order valence-corrected chi connectivity index (χ4v) is 5.44. The molecule has 144 valence electrons. The van der Waals surface area contributed by atoms with Gasteiger partial charge in [-0.25, -0.2) is 9.36 Å². The number of carbonyl (C=O) groups excluding carboxylic acids is 2.